The predicted molar refractivity (Wildman–Crippen MR) is 65.3 cm³/mol. The van der Waals surface area contributed by atoms with Gasteiger partial charge in [0, 0.05) is 25.4 Å². The second kappa shape index (κ2) is 7.30. The van der Waals surface area contributed by atoms with Crippen LogP contribution in [0.25, 0.3) is 0 Å². The molecule has 0 aliphatic carbocycles. The maximum absolute atomic E-state index is 8.69. The third kappa shape index (κ3) is 4.34. The topological polar surface area (TPSA) is 23.5 Å². The fourth-order valence-electron chi connectivity index (χ4n) is 1.70. The van der Waals surface area contributed by atoms with Gasteiger partial charge in [-0.2, -0.15) is 0 Å². The van der Waals surface area contributed by atoms with Gasteiger partial charge in [-0.15, -0.1) is 0 Å². The molecule has 1 rings (SSSR count). The molecule has 2 heteroatoms. The summed E-state index contributed by atoms with van der Waals surface area (Å²) < 4.78 is 0. The number of unbranched alkanes of at least 4 members (excludes halogenated alkanes) is 2. The van der Waals surface area contributed by atoms with Crippen molar-refractivity contribution in [2.45, 2.75) is 26.2 Å². The Bertz CT molecular complexity index is 248. The molecule has 1 N–H and O–H groups in total. The van der Waals surface area contributed by atoms with Gasteiger partial charge in [-0.05, 0) is 38.3 Å². The summed E-state index contributed by atoms with van der Waals surface area (Å²) in [4.78, 5) is 2.37. The summed E-state index contributed by atoms with van der Waals surface area (Å²) >= 11 is 0. The number of nitrogens with zero attached hydrogens (tertiary/aromatic N) is 1. The molecule has 0 aromatic heterocycles. The zero-order chi connectivity index (χ0) is 10.9. The number of aliphatic hydroxyl groups is 1. The molecule has 0 unspecified atom stereocenters. The van der Waals surface area contributed by atoms with Crippen LogP contribution < -0.4 is 4.90 Å². The standard InChI is InChI=1S/C13H21NO/c1-2-14(11-7-4-8-12-15)13-9-5-3-6-10-13/h3,5-6,9-10,15H,2,4,7-8,11-12H2,1H3. The molecule has 0 saturated carbocycles. The van der Waals surface area contributed by atoms with E-state index in [4.69, 9.17) is 5.11 Å². The monoisotopic (exact) mass is 207 g/mol. The zero-order valence-corrected chi connectivity index (χ0v) is 9.52. The van der Waals surface area contributed by atoms with Crippen LogP contribution in [0.3, 0.4) is 0 Å². The van der Waals surface area contributed by atoms with Crippen LogP contribution in [0.1, 0.15) is 26.2 Å². The number of benzene rings is 1. The van der Waals surface area contributed by atoms with Gasteiger partial charge in [0.15, 0.2) is 0 Å². The Hall–Kier alpha value is -1.02. The lowest BCUT2D eigenvalue weighted by Crippen LogP contribution is -2.23. The van der Waals surface area contributed by atoms with E-state index in [9.17, 15) is 0 Å². The highest BCUT2D eigenvalue weighted by Crippen LogP contribution is 2.13. The van der Waals surface area contributed by atoms with Crippen LogP contribution in [0.2, 0.25) is 0 Å². The molecular weight excluding hydrogens is 186 g/mol. The molecule has 0 saturated heterocycles. The van der Waals surface area contributed by atoms with E-state index in [2.05, 4.69) is 36.1 Å². The summed E-state index contributed by atoms with van der Waals surface area (Å²) in [5.74, 6) is 0. The summed E-state index contributed by atoms with van der Waals surface area (Å²) in [5, 5.41) is 8.69. The van der Waals surface area contributed by atoms with E-state index >= 15 is 0 Å². The minimum absolute atomic E-state index is 0.317. The quantitative estimate of drug-likeness (QED) is 0.695. The lowest BCUT2D eigenvalue weighted by Gasteiger charge is -2.22. The third-order valence-corrected chi connectivity index (χ3v) is 2.59. The summed E-state index contributed by atoms with van der Waals surface area (Å²) in [7, 11) is 0. The second-order valence-electron chi connectivity index (χ2n) is 3.70. The maximum atomic E-state index is 8.69. The lowest BCUT2D eigenvalue weighted by atomic mass is 10.2. The molecule has 0 fully saturated rings. The first kappa shape index (κ1) is 12.1. The lowest BCUT2D eigenvalue weighted by molar-refractivity contribution is 0.283. The Morgan fingerprint density at radius 3 is 2.40 bits per heavy atom. The first-order chi connectivity index (χ1) is 7.38. The van der Waals surface area contributed by atoms with Gasteiger partial charge in [-0.3, -0.25) is 0 Å². The van der Waals surface area contributed by atoms with Crippen LogP contribution in [0.4, 0.5) is 5.69 Å². The first-order valence-electron chi connectivity index (χ1n) is 5.79. The molecule has 0 bridgehead atoms. The molecule has 2 nitrogen and oxygen atoms in total. The number of hydrogen-bond acceptors (Lipinski definition) is 2. The Morgan fingerprint density at radius 2 is 1.80 bits per heavy atom. The zero-order valence-electron chi connectivity index (χ0n) is 9.52. The van der Waals surface area contributed by atoms with Crippen LogP contribution in [-0.2, 0) is 0 Å². The maximum Gasteiger partial charge on any atom is 0.0431 e. The van der Waals surface area contributed by atoms with Gasteiger partial charge in [-0.25, -0.2) is 0 Å². The number of hydrogen-bond donors (Lipinski definition) is 1. The molecule has 0 radical (unpaired) electrons. The van der Waals surface area contributed by atoms with Crippen molar-refractivity contribution in [3.05, 3.63) is 30.3 Å². The van der Waals surface area contributed by atoms with Crippen LogP contribution in [0.15, 0.2) is 30.3 Å². The van der Waals surface area contributed by atoms with Crippen LogP contribution in [0.5, 0.6) is 0 Å². The molecule has 0 aliphatic heterocycles. The molecule has 0 spiro atoms. The molecule has 1 aromatic rings. The minimum Gasteiger partial charge on any atom is -0.396 e. The van der Waals surface area contributed by atoms with Crippen LogP contribution in [-0.4, -0.2) is 24.8 Å². The summed E-state index contributed by atoms with van der Waals surface area (Å²) in [5.41, 5.74) is 1.30. The van der Waals surface area contributed by atoms with Gasteiger partial charge < -0.3 is 10.0 Å². The number of aliphatic hydroxyl groups excluding tert-OH is 1. The second-order valence-corrected chi connectivity index (χ2v) is 3.70. The van der Waals surface area contributed by atoms with Crippen molar-refractivity contribution >= 4 is 5.69 Å². The van der Waals surface area contributed by atoms with Crippen LogP contribution in [0, 0.1) is 0 Å². The van der Waals surface area contributed by atoms with E-state index in [-0.39, 0.29) is 0 Å². The van der Waals surface area contributed by atoms with E-state index in [0.717, 1.165) is 32.4 Å². The van der Waals surface area contributed by atoms with Crippen molar-refractivity contribution in [1.29, 1.82) is 0 Å². The fraction of sp³-hybridized carbons (Fsp3) is 0.538. The SMILES string of the molecule is CCN(CCCCCO)c1ccccc1. The Morgan fingerprint density at radius 1 is 1.07 bits per heavy atom. The molecular formula is C13H21NO. The van der Waals surface area contributed by atoms with E-state index in [1.165, 1.54) is 5.69 Å². The molecule has 15 heavy (non-hydrogen) atoms. The van der Waals surface area contributed by atoms with Gasteiger partial charge in [-0.1, -0.05) is 18.2 Å². The van der Waals surface area contributed by atoms with Gasteiger partial charge in [0.2, 0.25) is 0 Å². The first-order valence-corrected chi connectivity index (χ1v) is 5.79. The van der Waals surface area contributed by atoms with E-state index in [0.29, 0.717) is 6.61 Å². The Kier molecular flexibility index (Phi) is 5.86. The van der Waals surface area contributed by atoms with Crippen molar-refractivity contribution in [1.82, 2.24) is 0 Å². The van der Waals surface area contributed by atoms with Crippen molar-refractivity contribution in [2.75, 3.05) is 24.6 Å². The highest BCUT2D eigenvalue weighted by atomic mass is 16.2. The normalized spacial score (nSPS) is 10.3. The van der Waals surface area contributed by atoms with Gasteiger partial charge in [0.1, 0.15) is 0 Å². The average Bonchev–Trinajstić information content (AvgIpc) is 2.30. The minimum atomic E-state index is 0.317. The highest BCUT2D eigenvalue weighted by molar-refractivity contribution is 5.45. The van der Waals surface area contributed by atoms with Gasteiger partial charge >= 0.3 is 0 Å². The molecule has 1 aromatic carbocycles. The Balaban J connectivity index is 2.36. The summed E-state index contributed by atoms with van der Waals surface area (Å²) in [6.07, 6.45) is 3.19. The largest absolute Gasteiger partial charge is 0.396 e. The van der Waals surface area contributed by atoms with Crippen LogP contribution >= 0.6 is 0 Å². The fourth-order valence-corrected chi connectivity index (χ4v) is 1.70. The van der Waals surface area contributed by atoms with Crippen molar-refractivity contribution in [2.24, 2.45) is 0 Å². The van der Waals surface area contributed by atoms with E-state index in [1.807, 2.05) is 6.07 Å². The number of para-hydroxylation sites is 1. The number of rotatable bonds is 7. The third-order valence-electron chi connectivity index (χ3n) is 2.59. The number of anilines is 1. The molecule has 0 heterocycles. The Labute approximate surface area is 92.5 Å². The van der Waals surface area contributed by atoms with Gasteiger partial charge in [0.25, 0.3) is 0 Å². The summed E-state index contributed by atoms with van der Waals surface area (Å²) in [6, 6.07) is 10.5. The smallest absolute Gasteiger partial charge is 0.0431 e. The highest BCUT2D eigenvalue weighted by Gasteiger charge is 2.01. The molecule has 0 atom stereocenters. The van der Waals surface area contributed by atoms with Gasteiger partial charge in [0.05, 0.1) is 0 Å². The van der Waals surface area contributed by atoms with Crippen molar-refractivity contribution < 1.29 is 5.11 Å². The molecule has 84 valence electrons. The van der Waals surface area contributed by atoms with E-state index in [1.54, 1.807) is 0 Å². The summed E-state index contributed by atoms with van der Waals surface area (Å²) in [6.45, 7) is 4.63. The predicted octanol–water partition coefficient (Wildman–Crippen LogP) is 2.68. The molecule has 0 aliphatic rings. The average molecular weight is 207 g/mol. The van der Waals surface area contributed by atoms with Crippen molar-refractivity contribution in [3.8, 4) is 0 Å². The molecule has 0 amide bonds. The van der Waals surface area contributed by atoms with E-state index < -0.39 is 0 Å². The van der Waals surface area contributed by atoms with Crippen molar-refractivity contribution in [3.63, 3.8) is 0 Å².